The Morgan fingerprint density at radius 2 is 2.11 bits per heavy atom. The lowest BCUT2D eigenvalue weighted by Crippen LogP contribution is -2.04. The molecule has 0 atom stereocenters. The molecule has 2 aromatic carbocycles. The summed E-state index contributed by atoms with van der Waals surface area (Å²) in [4.78, 5) is 12.5. The van der Waals surface area contributed by atoms with Gasteiger partial charge in [0.2, 0.25) is 0 Å². The van der Waals surface area contributed by atoms with E-state index in [1.807, 2.05) is 25.1 Å². The molecule has 1 heterocycles. The lowest BCUT2D eigenvalue weighted by Gasteiger charge is -2.08. The van der Waals surface area contributed by atoms with Gasteiger partial charge in [0.05, 0.1) is 12.2 Å². The van der Waals surface area contributed by atoms with Crippen molar-refractivity contribution in [1.29, 1.82) is 0 Å². The van der Waals surface area contributed by atoms with Crippen molar-refractivity contribution < 1.29 is 9.53 Å². The van der Waals surface area contributed by atoms with Crippen molar-refractivity contribution in [1.82, 2.24) is 0 Å². The Kier molecular flexibility index (Phi) is 3.03. The number of hydrogen-bond donors (Lipinski definition) is 0. The molecular weight excluding hydrogens is 260 g/mol. The van der Waals surface area contributed by atoms with Crippen LogP contribution in [0.5, 0.6) is 5.75 Å². The predicted octanol–water partition coefficient (Wildman–Crippen LogP) is 3.81. The number of ketones is 1. The molecule has 0 N–H and O–H groups in total. The van der Waals surface area contributed by atoms with Crippen LogP contribution >= 0.6 is 11.6 Å². The third-order valence-corrected chi connectivity index (χ3v) is 3.80. The molecule has 0 aromatic heterocycles. The smallest absolute Gasteiger partial charge is 0.196 e. The van der Waals surface area contributed by atoms with Crippen LogP contribution in [-0.2, 0) is 6.42 Å². The van der Waals surface area contributed by atoms with Crippen molar-refractivity contribution in [3.05, 3.63) is 63.7 Å². The Morgan fingerprint density at radius 3 is 2.89 bits per heavy atom. The topological polar surface area (TPSA) is 26.3 Å². The molecule has 0 spiro atoms. The minimum atomic E-state index is -0.0411. The zero-order valence-corrected chi connectivity index (χ0v) is 11.3. The summed E-state index contributed by atoms with van der Waals surface area (Å²) in [5.74, 6) is 0.685. The van der Waals surface area contributed by atoms with Crippen molar-refractivity contribution >= 4 is 17.4 Å². The zero-order chi connectivity index (χ0) is 13.4. The van der Waals surface area contributed by atoms with E-state index in [2.05, 4.69) is 0 Å². The van der Waals surface area contributed by atoms with Crippen molar-refractivity contribution in [2.24, 2.45) is 0 Å². The highest BCUT2D eigenvalue weighted by molar-refractivity contribution is 6.32. The molecule has 2 nitrogen and oxygen atoms in total. The second-order valence-electron chi connectivity index (χ2n) is 4.69. The standard InChI is InChI=1S/C16H13ClO2/c1-10-5-6-12(9-14(10)17)15(18)13-4-2-3-11-7-8-19-16(11)13/h2-6,9H,7-8H2,1H3. The van der Waals surface area contributed by atoms with Gasteiger partial charge in [-0.05, 0) is 30.2 Å². The summed E-state index contributed by atoms with van der Waals surface area (Å²) in [7, 11) is 0. The summed E-state index contributed by atoms with van der Waals surface area (Å²) in [6.45, 7) is 2.56. The molecule has 0 amide bonds. The Balaban J connectivity index is 2.05. The van der Waals surface area contributed by atoms with Crippen LogP contribution in [0.3, 0.4) is 0 Å². The number of ether oxygens (including phenoxy) is 1. The fraction of sp³-hybridized carbons (Fsp3) is 0.188. The van der Waals surface area contributed by atoms with E-state index in [4.69, 9.17) is 16.3 Å². The molecule has 0 radical (unpaired) electrons. The van der Waals surface area contributed by atoms with Gasteiger partial charge in [-0.1, -0.05) is 35.9 Å². The molecule has 0 saturated heterocycles. The molecule has 0 unspecified atom stereocenters. The predicted molar refractivity (Wildman–Crippen MR) is 75.3 cm³/mol. The number of para-hydroxylation sites is 1. The average Bonchev–Trinajstić information content (AvgIpc) is 2.89. The molecule has 96 valence electrons. The molecule has 0 bridgehead atoms. The van der Waals surface area contributed by atoms with Crippen LogP contribution in [0, 0.1) is 6.92 Å². The summed E-state index contributed by atoms with van der Waals surface area (Å²) < 4.78 is 5.57. The van der Waals surface area contributed by atoms with Crippen molar-refractivity contribution in [3.8, 4) is 5.75 Å². The van der Waals surface area contributed by atoms with Gasteiger partial charge >= 0.3 is 0 Å². The number of benzene rings is 2. The number of hydrogen-bond acceptors (Lipinski definition) is 2. The summed E-state index contributed by atoms with van der Waals surface area (Å²) in [6, 6.07) is 11.1. The SMILES string of the molecule is Cc1ccc(C(=O)c2cccc3c2OCC3)cc1Cl. The molecular formula is C16H13ClO2. The van der Waals surface area contributed by atoms with Crippen LogP contribution in [-0.4, -0.2) is 12.4 Å². The van der Waals surface area contributed by atoms with Gasteiger partial charge in [-0.15, -0.1) is 0 Å². The van der Waals surface area contributed by atoms with Gasteiger partial charge in [0.15, 0.2) is 5.78 Å². The van der Waals surface area contributed by atoms with Crippen molar-refractivity contribution in [2.45, 2.75) is 13.3 Å². The molecule has 0 saturated carbocycles. The van der Waals surface area contributed by atoms with E-state index in [9.17, 15) is 4.79 Å². The fourth-order valence-electron chi connectivity index (χ4n) is 2.28. The van der Waals surface area contributed by atoms with E-state index in [0.717, 1.165) is 23.3 Å². The number of aryl methyl sites for hydroxylation is 1. The van der Waals surface area contributed by atoms with Gasteiger partial charge in [0.1, 0.15) is 5.75 Å². The molecule has 3 heteroatoms. The van der Waals surface area contributed by atoms with Crippen LogP contribution in [0.4, 0.5) is 0 Å². The van der Waals surface area contributed by atoms with Crippen molar-refractivity contribution in [3.63, 3.8) is 0 Å². The number of carbonyl (C=O) groups excluding carboxylic acids is 1. The Bertz CT molecular complexity index is 662. The zero-order valence-electron chi connectivity index (χ0n) is 10.6. The largest absolute Gasteiger partial charge is 0.492 e. The van der Waals surface area contributed by atoms with E-state index in [1.165, 1.54) is 0 Å². The molecule has 19 heavy (non-hydrogen) atoms. The molecule has 1 aliphatic heterocycles. The first-order valence-corrected chi connectivity index (χ1v) is 6.60. The maximum absolute atomic E-state index is 12.5. The maximum atomic E-state index is 12.5. The van der Waals surface area contributed by atoms with Crippen molar-refractivity contribution in [2.75, 3.05) is 6.61 Å². The van der Waals surface area contributed by atoms with Crippen LogP contribution in [0.1, 0.15) is 27.0 Å². The summed E-state index contributed by atoms with van der Waals surface area (Å²) in [5, 5.41) is 0.611. The average molecular weight is 273 g/mol. The van der Waals surface area contributed by atoms with Gasteiger partial charge in [0, 0.05) is 17.0 Å². The monoisotopic (exact) mass is 272 g/mol. The van der Waals surface area contributed by atoms with Gasteiger partial charge in [0.25, 0.3) is 0 Å². The lowest BCUT2D eigenvalue weighted by atomic mass is 9.99. The molecule has 1 aliphatic rings. The highest BCUT2D eigenvalue weighted by Crippen LogP contribution is 2.31. The first-order valence-electron chi connectivity index (χ1n) is 6.22. The first-order chi connectivity index (χ1) is 9.16. The van der Waals surface area contributed by atoms with E-state index >= 15 is 0 Å². The van der Waals surface area contributed by atoms with Gasteiger partial charge in [-0.3, -0.25) is 4.79 Å². The highest BCUT2D eigenvalue weighted by atomic mass is 35.5. The Morgan fingerprint density at radius 1 is 1.26 bits per heavy atom. The van der Waals surface area contributed by atoms with E-state index in [0.29, 0.717) is 22.8 Å². The van der Waals surface area contributed by atoms with Crippen LogP contribution in [0.2, 0.25) is 5.02 Å². The summed E-state index contributed by atoms with van der Waals surface area (Å²) in [6.07, 6.45) is 0.866. The summed E-state index contributed by atoms with van der Waals surface area (Å²) in [5.41, 5.74) is 3.28. The van der Waals surface area contributed by atoms with Gasteiger partial charge < -0.3 is 4.74 Å². The molecule has 0 aliphatic carbocycles. The second-order valence-corrected chi connectivity index (χ2v) is 5.09. The van der Waals surface area contributed by atoms with E-state index < -0.39 is 0 Å². The fourth-order valence-corrected chi connectivity index (χ4v) is 2.46. The number of fused-ring (bicyclic) bond motifs is 1. The quantitative estimate of drug-likeness (QED) is 0.777. The third-order valence-electron chi connectivity index (χ3n) is 3.39. The first kappa shape index (κ1) is 12.2. The number of carbonyl (C=O) groups is 1. The summed E-state index contributed by atoms with van der Waals surface area (Å²) >= 11 is 6.08. The van der Waals surface area contributed by atoms with Gasteiger partial charge in [-0.2, -0.15) is 0 Å². The maximum Gasteiger partial charge on any atom is 0.196 e. The normalized spacial score (nSPS) is 12.9. The lowest BCUT2D eigenvalue weighted by molar-refractivity contribution is 0.103. The highest BCUT2D eigenvalue weighted by Gasteiger charge is 2.21. The van der Waals surface area contributed by atoms with E-state index in [1.54, 1.807) is 18.2 Å². The van der Waals surface area contributed by atoms with E-state index in [-0.39, 0.29) is 5.78 Å². The molecule has 2 aromatic rings. The third kappa shape index (κ3) is 2.13. The molecule has 0 fully saturated rings. The minimum Gasteiger partial charge on any atom is -0.492 e. The minimum absolute atomic E-state index is 0.0411. The van der Waals surface area contributed by atoms with Crippen LogP contribution in [0.15, 0.2) is 36.4 Å². The Labute approximate surface area is 117 Å². The van der Waals surface area contributed by atoms with Gasteiger partial charge in [-0.25, -0.2) is 0 Å². The van der Waals surface area contributed by atoms with Crippen LogP contribution < -0.4 is 4.74 Å². The number of halogens is 1. The van der Waals surface area contributed by atoms with Crippen LogP contribution in [0.25, 0.3) is 0 Å². The number of rotatable bonds is 2. The molecule has 3 rings (SSSR count). The Hall–Kier alpha value is -1.80. The second kappa shape index (κ2) is 4.71.